The molecule has 0 aromatic carbocycles. The third-order valence-corrected chi connectivity index (χ3v) is 18.7. The Hall–Kier alpha value is -1.66. The van der Waals surface area contributed by atoms with E-state index in [0.29, 0.717) is 19.4 Å². The number of aliphatic hydroxyl groups is 2. The molecule has 0 aromatic heterocycles. The van der Waals surface area contributed by atoms with Crippen LogP contribution in [0.4, 0.5) is 0 Å². The molecule has 0 spiro atoms. The Balaban J connectivity index is 3.35. The molecule has 0 saturated carbocycles. The van der Waals surface area contributed by atoms with E-state index < -0.39 is 12.1 Å². The second-order valence-electron chi connectivity index (χ2n) is 27.4. The van der Waals surface area contributed by atoms with Crippen molar-refractivity contribution in [2.24, 2.45) is 0 Å². The van der Waals surface area contributed by atoms with Gasteiger partial charge in [-0.15, -0.1) is 0 Å². The molecule has 0 aromatic rings. The van der Waals surface area contributed by atoms with Crippen molar-refractivity contribution in [3.63, 3.8) is 0 Å². The topological polar surface area (TPSA) is 95.9 Å². The van der Waals surface area contributed by atoms with Crippen molar-refractivity contribution in [2.75, 3.05) is 13.2 Å². The summed E-state index contributed by atoms with van der Waals surface area (Å²) in [5.74, 6) is -0.0415. The monoisotopic (exact) mass is 1210 g/mol. The molecule has 6 heteroatoms. The summed E-state index contributed by atoms with van der Waals surface area (Å²) in [6.07, 6.45) is 97.3. The minimum atomic E-state index is -0.843. The number of ether oxygens (including phenoxy) is 1. The highest BCUT2D eigenvalue weighted by molar-refractivity contribution is 5.76. The zero-order chi connectivity index (χ0) is 62.0. The zero-order valence-electron chi connectivity index (χ0n) is 58.6. The molecule has 0 rings (SSSR count). The summed E-state index contributed by atoms with van der Waals surface area (Å²) >= 11 is 0. The van der Waals surface area contributed by atoms with Gasteiger partial charge in [0.1, 0.15) is 0 Å². The number of carbonyl (C=O) groups is 2. The van der Waals surface area contributed by atoms with Gasteiger partial charge in [-0.05, 0) is 57.8 Å². The number of allylic oxidation sites excluding steroid dienone is 3. The Morgan fingerprint density at radius 3 is 0.826 bits per heavy atom. The summed E-state index contributed by atoms with van der Waals surface area (Å²) in [4.78, 5) is 24.7. The molecule has 0 bridgehead atoms. The van der Waals surface area contributed by atoms with E-state index in [9.17, 15) is 19.8 Å². The van der Waals surface area contributed by atoms with Gasteiger partial charge in [0, 0.05) is 12.8 Å². The minimum Gasteiger partial charge on any atom is -0.466 e. The van der Waals surface area contributed by atoms with Gasteiger partial charge in [-0.1, -0.05) is 404 Å². The lowest BCUT2D eigenvalue weighted by atomic mass is 10.0. The van der Waals surface area contributed by atoms with E-state index in [0.717, 1.165) is 44.9 Å². The maximum Gasteiger partial charge on any atom is 0.305 e. The van der Waals surface area contributed by atoms with Crippen LogP contribution in [0.3, 0.4) is 0 Å². The van der Waals surface area contributed by atoms with Gasteiger partial charge < -0.3 is 20.3 Å². The zero-order valence-corrected chi connectivity index (χ0v) is 58.6. The normalized spacial score (nSPS) is 12.6. The van der Waals surface area contributed by atoms with Crippen LogP contribution in [0, 0.1) is 0 Å². The Morgan fingerprint density at radius 2 is 0.547 bits per heavy atom. The van der Waals surface area contributed by atoms with Gasteiger partial charge in [0.2, 0.25) is 5.91 Å². The Morgan fingerprint density at radius 1 is 0.314 bits per heavy atom. The standard InChI is InChI=1S/C80H155NO5/c1-3-5-7-9-11-13-15-17-19-21-22-23-34-37-41-44-48-52-56-60-64-68-72-78(83)77(76-82)81-79(84)73-69-65-61-57-53-49-45-42-38-35-32-30-28-26-24-25-27-29-31-33-36-39-43-47-51-55-59-63-67-71-75-86-80(85)74-70-66-62-58-54-50-46-40-20-18-16-14-12-10-8-6-4-2/h18,20,68,72,77-78,82-83H,3-17,19,21-67,69-71,73-76H2,1-2H3,(H,81,84)/b20-18-,72-68+. The summed E-state index contributed by atoms with van der Waals surface area (Å²) in [6, 6.07) is -0.626. The summed E-state index contributed by atoms with van der Waals surface area (Å²) < 4.78 is 5.51. The van der Waals surface area contributed by atoms with Crippen LogP contribution in [0.15, 0.2) is 24.3 Å². The number of rotatable bonds is 75. The van der Waals surface area contributed by atoms with Crippen molar-refractivity contribution in [2.45, 2.75) is 463 Å². The molecule has 2 unspecified atom stereocenters. The van der Waals surface area contributed by atoms with E-state index in [4.69, 9.17) is 4.74 Å². The number of esters is 1. The summed E-state index contributed by atoms with van der Waals surface area (Å²) in [7, 11) is 0. The van der Waals surface area contributed by atoms with Gasteiger partial charge in [0.25, 0.3) is 0 Å². The summed E-state index contributed by atoms with van der Waals surface area (Å²) in [6.45, 7) is 4.95. The number of unbranched alkanes of at least 4 members (excludes halogenated alkanes) is 62. The number of amides is 1. The van der Waals surface area contributed by atoms with Gasteiger partial charge in [-0.2, -0.15) is 0 Å². The summed E-state index contributed by atoms with van der Waals surface area (Å²) in [5, 5.41) is 23.3. The first-order valence-corrected chi connectivity index (χ1v) is 39.6. The first-order chi connectivity index (χ1) is 42.5. The molecule has 86 heavy (non-hydrogen) atoms. The van der Waals surface area contributed by atoms with Gasteiger partial charge in [-0.25, -0.2) is 0 Å². The molecule has 2 atom stereocenters. The van der Waals surface area contributed by atoms with Crippen LogP contribution in [0.25, 0.3) is 0 Å². The van der Waals surface area contributed by atoms with Gasteiger partial charge >= 0.3 is 5.97 Å². The van der Waals surface area contributed by atoms with E-state index in [2.05, 4.69) is 31.3 Å². The molecule has 0 saturated heterocycles. The van der Waals surface area contributed by atoms with Crippen LogP contribution in [0.1, 0.15) is 450 Å². The van der Waals surface area contributed by atoms with Crippen LogP contribution in [-0.4, -0.2) is 47.4 Å². The second kappa shape index (κ2) is 75.8. The van der Waals surface area contributed by atoms with Gasteiger partial charge in [0.15, 0.2) is 0 Å². The first kappa shape index (κ1) is 84.3. The third kappa shape index (κ3) is 71.4. The number of aliphatic hydroxyl groups excluding tert-OH is 2. The molecule has 0 radical (unpaired) electrons. The highest BCUT2D eigenvalue weighted by atomic mass is 16.5. The number of nitrogens with one attached hydrogen (secondary N) is 1. The second-order valence-corrected chi connectivity index (χ2v) is 27.4. The van der Waals surface area contributed by atoms with E-state index in [1.54, 1.807) is 6.08 Å². The molecular formula is C80H155NO5. The number of hydrogen-bond donors (Lipinski definition) is 3. The fraction of sp³-hybridized carbons (Fsp3) is 0.925. The number of hydrogen-bond acceptors (Lipinski definition) is 5. The highest BCUT2D eigenvalue weighted by Gasteiger charge is 2.18. The van der Waals surface area contributed by atoms with E-state index in [-0.39, 0.29) is 18.5 Å². The van der Waals surface area contributed by atoms with Crippen LogP contribution in [0.5, 0.6) is 0 Å². The van der Waals surface area contributed by atoms with Crippen LogP contribution in [-0.2, 0) is 14.3 Å². The average molecular weight is 1210 g/mol. The van der Waals surface area contributed by atoms with Crippen LogP contribution in [0.2, 0.25) is 0 Å². The van der Waals surface area contributed by atoms with Crippen molar-refractivity contribution in [1.82, 2.24) is 5.32 Å². The molecule has 1 amide bonds. The Kier molecular flexibility index (Phi) is 74.3. The first-order valence-electron chi connectivity index (χ1n) is 39.6. The molecule has 0 aliphatic heterocycles. The molecule has 0 heterocycles. The predicted molar refractivity (Wildman–Crippen MR) is 380 cm³/mol. The SMILES string of the molecule is CCCCCCCC/C=C\CCCCCCCCCC(=O)OCCCCCCCCCCCCCCCCCCCCCCCCCCCCCCCCC(=O)NC(CO)C(O)/C=C/CCCCCCCCCCCCCCCCCCCCCC. The largest absolute Gasteiger partial charge is 0.466 e. The maximum absolute atomic E-state index is 12.5. The molecule has 0 aliphatic carbocycles. The van der Waals surface area contributed by atoms with Crippen molar-refractivity contribution < 1.29 is 24.5 Å². The lowest BCUT2D eigenvalue weighted by Gasteiger charge is -2.20. The molecule has 0 fully saturated rings. The lowest BCUT2D eigenvalue weighted by Crippen LogP contribution is -2.45. The molecular weight excluding hydrogens is 1050 g/mol. The fourth-order valence-electron chi connectivity index (χ4n) is 12.7. The van der Waals surface area contributed by atoms with Crippen molar-refractivity contribution in [3.05, 3.63) is 24.3 Å². The summed E-state index contributed by atoms with van der Waals surface area (Å²) in [5.41, 5.74) is 0. The molecule has 6 nitrogen and oxygen atoms in total. The maximum atomic E-state index is 12.5. The molecule has 510 valence electrons. The number of carbonyl (C=O) groups excluding carboxylic acids is 2. The minimum absolute atomic E-state index is 0.0175. The van der Waals surface area contributed by atoms with Crippen molar-refractivity contribution in [3.8, 4) is 0 Å². The lowest BCUT2D eigenvalue weighted by molar-refractivity contribution is -0.143. The van der Waals surface area contributed by atoms with Crippen molar-refractivity contribution in [1.29, 1.82) is 0 Å². The molecule has 0 aliphatic rings. The van der Waals surface area contributed by atoms with E-state index in [1.807, 2.05) is 6.08 Å². The Labute approximate surface area is 539 Å². The van der Waals surface area contributed by atoms with Gasteiger partial charge in [-0.3, -0.25) is 9.59 Å². The van der Waals surface area contributed by atoms with E-state index >= 15 is 0 Å². The molecule has 3 N–H and O–H groups in total. The van der Waals surface area contributed by atoms with Gasteiger partial charge in [0.05, 0.1) is 25.4 Å². The third-order valence-electron chi connectivity index (χ3n) is 18.7. The van der Waals surface area contributed by atoms with Crippen LogP contribution >= 0.6 is 0 Å². The smallest absolute Gasteiger partial charge is 0.305 e. The van der Waals surface area contributed by atoms with Crippen LogP contribution < -0.4 is 5.32 Å². The highest BCUT2D eigenvalue weighted by Crippen LogP contribution is 2.20. The Bertz CT molecular complexity index is 1350. The quantitative estimate of drug-likeness (QED) is 0.0320. The van der Waals surface area contributed by atoms with Crippen molar-refractivity contribution >= 4 is 11.9 Å². The average Bonchev–Trinajstić information content (AvgIpc) is 3.56. The van der Waals surface area contributed by atoms with E-state index in [1.165, 1.54) is 379 Å². The predicted octanol–water partition coefficient (Wildman–Crippen LogP) is 26.0. The fourth-order valence-corrected chi connectivity index (χ4v) is 12.7.